The molecule has 4 N–H and O–H groups in total. The summed E-state index contributed by atoms with van der Waals surface area (Å²) < 4.78 is 67.2. The van der Waals surface area contributed by atoms with Crippen LogP contribution in [0.25, 0.3) is 10.8 Å². The predicted octanol–water partition coefficient (Wildman–Crippen LogP) is 3.46. The molecule has 0 bridgehead atoms. The van der Waals surface area contributed by atoms with E-state index in [0.29, 0.717) is 4.57 Å². The van der Waals surface area contributed by atoms with Gasteiger partial charge in [0, 0.05) is 6.20 Å². The molecule has 1 unspecified atom stereocenters. The third-order valence-electron chi connectivity index (χ3n) is 6.37. The lowest BCUT2D eigenvalue weighted by Crippen LogP contribution is -2.52. The van der Waals surface area contributed by atoms with Crippen LogP contribution in [0.2, 0.25) is 0 Å². The lowest BCUT2D eigenvalue weighted by atomic mass is 9.97. The Morgan fingerprint density at radius 3 is 2.57 bits per heavy atom. The van der Waals surface area contributed by atoms with Crippen molar-refractivity contribution in [1.29, 1.82) is 0 Å². The van der Waals surface area contributed by atoms with Crippen LogP contribution in [0.15, 0.2) is 59.5 Å². The average molecular weight is 631 g/mol. The molecule has 4 rings (SSSR count). The highest BCUT2D eigenvalue weighted by Gasteiger charge is 2.62. The highest BCUT2D eigenvalue weighted by atomic mass is 32.5. The molecule has 2 heterocycles. The van der Waals surface area contributed by atoms with Crippen molar-refractivity contribution in [2.24, 2.45) is 0 Å². The lowest BCUT2D eigenvalue weighted by Gasteiger charge is -2.34. The number of carbonyl (C=O) groups excluding carboxylic acids is 1. The summed E-state index contributed by atoms with van der Waals surface area (Å²) in [6.45, 7) is -0.409. The number of ether oxygens (including phenoxy) is 2. The van der Waals surface area contributed by atoms with E-state index in [1.807, 2.05) is 18.2 Å². The first kappa shape index (κ1) is 31.9. The van der Waals surface area contributed by atoms with Gasteiger partial charge in [0.05, 0.1) is 12.7 Å². The number of rotatable bonds is 11. The summed E-state index contributed by atoms with van der Waals surface area (Å²) >= 11 is 5.61. The molecule has 0 amide bonds. The van der Waals surface area contributed by atoms with Gasteiger partial charge >= 0.3 is 18.3 Å². The number of anilines is 1. The van der Waals surface area contributed by atoms with E-state index in [1.165, 1.54) is 6.92 Å². The van der Waals surface area contributed by atoms with Gasteiger partial charge in [0.1, 0.15) is 23.7 Å². The zero-order valence-electron chi connectivity index (χ0n) is 22.7. The summed E-state index contributed by atoms with van der Waals surface area (Å²) in [6, 6.07) is 12.3. The summed E-state index contributed by atoms with van der Waals surface area (Å²) in [7, 11) is 0. The Kier molecular flexibility index (Phi) is 9.60. The zero-order chi connectivity index (χ0) is 30.8. The SMILES string of the molecule is CC(C)OC(=O)[C@H](C)NP(=S)(OC[C@@]1(C(F)F)O[C@@H](n2ccc(N)nc2=O)[C@@H](F)[C@@H]1O)Oc1ccc2ccccc2c1. The average Bonchev–Trinajstić information content (AvgIpc) is 3.17. The first-order valence-electron chi connectivity index (χ1n) is 12.8. The molecule has 228 valence electrons. The van der Waals surface area contributed by atoms with Crippen LogP contribution in [-0.4, -0.2) is 63.7 Å². The first-order chi connectivity index (χ1) is 19.7. The molecule has 1 aromatic heterocycles. The molecule has 0 radical (unpaired) electrons. The number of nitrogens with two attached hydrogens (primary N) is 1. The van der Waals surface area contributed by atoms with Crippen molar-refractivity contribution in [2.45, 2.75) is 63.4 Å². The van der Waals surface area contributed by atoms with Crippen LogP contribution >= 0.6 is 6.64 Å². The van der Waals surface area contributed by atoms with Gasteiger partial charge in [-0.15, -0.1) is 0 Å². The second-order valence-electron chi connectivity index (χ2n) is 9.90. The van der Waals surface area contributed by atoms with Crippen molar-refractivity contribution in [3.05, 3.63) is 65.2 Å². The molecule has 11 nitrogen and oxygen atoms in total. The normalized spacial score (nSPS) is 24.5. The zero-order valence-corrected chi connectivity index (χ0v) is 24.4. The summed E-state index contributed by atoms with van der Waals surface area (Å²) in [6.07, 6.45) is -9.90. The number of nitrogens with zero attached hydrogens (tertiary/aromatic N) is 2. The minimum atomic E-state index is -3.92. The Labute approximate surface area is 244 Å². The van der Waals surface area contributed by atoms with E-state index in [1.54, 1.807) is 38.1 Å². The molecule has 1 saturated heterocycles. The van der Waals surface area contributed by atoms with Gasteiger partial charge in [0.2, 0.25) is 0 Å². The van der Waals surface area contributed by atoms with Gasteiger partial charge in [0.15, 0.2) is 18.0 Å². The number of benzene rings is 2. The Hall–Kier alpha value is -3.07. The van der Waals surface area contributed by atoms with E-state index in [-0.39, 0.29) is 11.6 Å². The number of aromatic nitrogens is 2. The molecule has 2 aromatic carbocycles. The van der Waals surface area contributed by atoms with Gasteiger partial charge in [0.25, 0.3) is 6.43 Å². The van der Waals surface area contributed by atoms with E-state index in [4.69, 9.17) is 36.1 Å². The largest absolute Gasteiger partial charge is 0.462 e. The van der Waals surface area contributed by atoms with Gasteiger partial charge in [-0.3, -0.25) is 9.36 Å². The number of alkyl halides is 3. The van der Waals surface area contributed by atoms with E-state index < -0.39 is 67.6 Å². The maximum Gasteiger partial charge on any atom is 0.351 e. The maximum absolute atomic E-state index is 15.2. The predicted molar refractivity (Wildman–Crippen MR) is 151 cm³/mol. The van der Waals surface area contributed by atoms with Crippen molar-refractivity contribution in [3.8, 4) is 5.75 Å². The maximum atomic E-state index is 15.2. The Morgan fingerprint density at radius 2 is 1.93 bits per heavy atom. The molecule has 1 aliphatic rings. The van der Waals surface area contributed by atoms with Gasteiger partial charge in [-0.1, -0.05) is 30.3 Å². The number of carbonyl (C=O) groups is 1. The fourth-order valence-corrected chi connectivity index (χ4v) is 6.65. The molecule has 0 saturated carbocycles. The Balaban J connectivity index is 1.65. The fourth-order valence-electron chi connectivity index (χ4n) is 4.24. The van der Waals surface area contributed by atoms with Crippen LogP contribution in [0.4, 0.5) is 19.0 Å². The van der Waals surface area contributed by atoms with Gasteiger partial charge < -0.3 is 29.4 Å². The number of hydrogen-bond acceptors (Lipinski definition) is 10. The number of fused-ring (bicyclic) bond motifs is 1. The number of nitrogens with one attached hydrogen (secondary N) is 1. The second-order valence-corrected chi connectivity index (χ2v) is 13.0. The van der Waals surface area contributed by atoms with Gasteiger partial charge in [-0.2, -0.15) is 4.98 Å². The van der Waals surface area contributed by atoms with E-state index in [9.17, 15) is 23.5 Å². The van der Waals surface area contributed by atoms with Gasteiger partial charge in [-0.05, 0) is 61.5 Å². The summed E-state index contributed by atoms with van der Waals surface area (Å²) in [4.78, 5) is 28.3. The van der Waals surface area contributed by atoms with Crippen molar-refractivity contribution in [3.63, 3.8) is 0 Å². The quantitative estimate of drug-likeness (QED) is 0.211. The van der Waals surface area contributed by atoms with Crippen molar-refractivity contribution in [2.75, 3.05) is 12.3 Å². The van der Waals surface area contributed by atoms with E-state index >= 15 is 4.39 Å². The van der Waals surface area contributed by atoms with Crippen LogP contribution < -0.4 is 21.0 Å². The summed E-state index contributed by atoms with van der Waals surface area (Å²) in [5.74, 6) is -0.713. The summed E-state index contributed by atoms with van der Waals surface area (Å²) in [5.41, 5.74) is 1.40. The fraction of sp³-hybridized carbons (Fsp3) is 0.423. The molecule has 42 heavy (non-hydrogen) atoms. The van der Waals surface area contributed by atoms with Gasteiger partial charge in [-0.25, -0.2) is 23.1 Å². The second kappa shape index (κ2) is 12.7. The molecule has 6 atom stereocenters. The minimum absolute atomic E-state index is 0.184. The molecule has 3 aromatic rings. The molecule has 1 aliphatic heterocycles. The molecular formula is C26H30F3N4O7PS. The Morgan fingerprint density at radius 1 is 1.24 bits per heavy atom. The topological polar surface area (TPSA) is 147 Å². The smallest absolute Gasteiger partial charge is 0.351 e. The van der Waals surface area contributed by atoms with E-state index in [2.05, 4.69) is 10.1 Å². The highest BCUT2D eigenvalue weighted by Crippen LogP contribution is 2.50. The molecule has 16 heteroatoms. The van der Waals surface area contributed by atoms with Crippen molar-refractivity contribution >= 4 is 41.0 Å². The number of nitrogen functional groups attached to an aromatic ring is 1. The number of esters is 1. The van der Waals surface area contributed by atoms with Crippen LogP contribution in [0, 0.1) is 0 Å². The highest BCUT2D eigenvalue weighted by molar-refractivity contribution is 8.09. The molecular weight excluding hydrogens is 600 g/mol. The lowest BCUT2D eigenvalue weighted by molar-refractivity contribution is -0.192. The van der Waals surface area contributed by atoms with Crippen molar-refractivity contribution < 1.29 is 41.6 Å². The minimum Gasteiger partial charge on any atom is -0.462 e. The van der Waals surface area contributed by atoms with Crippen molar-refractivity contribution in [1.82, 2.24) is 14.6 Å². The summed E-state index contributed by atoms with van der Waals surface area (Å²) in [5, 5.41) is 15.0. The molecule has 0 aliphatic carbocycles. The molecule has 0 spiro atoms. The monoisotopic (exact) mass is 630 g/mol. The standard InChI is InChI=1S/C26H30F3N4O7PS/c1-14(2)38-23(35)15(3)32-41(42,40-18-9-8-16-6-4-5-7-17(16)12-18)37-13-26(24(28)29)21(34)20(27)22(39-26)33-11-10-19(30)31-25(33)36/h4-12,14-15,20-22,24,34H,13H2,1-3H3,(H,32,42)(H2,30,31,36)/t15-,20-,21-,22+,26+,41?/m0/s1. The number of halogens is 3. The van der Waals surface area contributed by atoms with Crippen LogP contribution in [0.1, 0.15) is 27.0 Å². The number of hydrogen-bond donors (Lipinski definition) is 3. The third-order valence-corrected chi connectivity index (χ3v) is 8.85. The van der Waals surface area contributed by atoms with Crippen LogP contribution in [-0.2, 0) is 30.6 Å². The Bertz CT molecular complexity index is 1550. The third kappa shape index (κ3) is 6.77. The van der Waals surface area contributed by atoms with Crippen LogP contribution in [0.5, 0.6) is 5.75 Å². The number of aliphatic hydroxyl groups excluding tert-OH is 1. The van der Waals surface area contributed by atoms with Crippen LogP contribution in [0.3, 0.4) is 0 Å². The molecule has 1 fully saturated rings. The number of aliphatic hydroxyl groups is 1. The van der Waals surface area contributed by atoms with E-state index in [0.717, 1.165) is 23.0 Å². The first-order valence-corrected chi connectivity index (χ1v) is 15.4.